The van der Waals surface area contributed by atoms with Crippen molar-refractivity contribution in [1.82, 2.24) is 19.6 Å². The van der Waals surface area contributed by atoms with Crippen molar-refractivity contribution in [3.63, 3.8) is 0 Å². The molecule has 4 fully saturated rings. The summed E-state index contributed by atoms with van der Waals surface area (Å²) < 4.78 is 18.5. The highest BCUT2D eigenvalue weighted by Gasteiger charge is 2.75. The predicted octanol–water partition coefficient (Wildman–Crippen LogP) is 2.58. The Morgan fingerprint density at radius 2 is 1.86 bits per heavy atom. The molecule has 0 aliphatic carbocycles. The van der Waals surface area contributed by atoms with Gasteiger partial charge in [-0.3, -0.25) is 24.1 Å². The predicted molar refractivity (Wildman–Crippen MR) is 187 cm³/mol. The molecule has 1 aromatic carbocycles. The van der Waals surface area contributed by atoms with Crippen LogP contribution in [-0.4, -0.2) is 138 Å². The Hall–Kier alpha value is -3.58. The molecule has 12 nitrogen and oxygen atoms in total. The van der Waals surface area contributed by atoms with Gasteiger partial charge in [0.15, 0.2) is 0 Å². The van der Waals surface area contributed by atoms with Gasteiger partial charge >= 0.3 is 5.97 Å². The van der Waals surface area contributed by atoms with Crippen molar-refractivity contribution in [3.8, 4) is 0 Å². The van der Waals surface area contributed by atoms with Gasteiger partial charge in [0.05, 0.1) is 37.2 Å². The molecule has 4 aliphatic heterocycles. The number of carbonyl (C=O) groups excluding carboxylic acids is 4. The van der Waals surface area contributed by atoms with Crippen LogP contribution in [0.2, 0.25) is 0 Å². The summed E-state index contributed by atoms with van der Waals surface area (Å²) in [6.45, 7) is 14.0. The number of ether oxygens (including phenoxy) is 3. The van der Waals surface area contributed by atoms with Gasteiger partial charge in [-0.25, -0.2) is 0 Å². The molecule has 7 atom stereocenters. The summed E-state index contributed by atoms with van der Waals surface area (Å²) in [7, 11) is 1.70. The SMILES string of the molecule is C=CCCC(=O)N(C)[C@@H](C)[C@@H](OC(=O)[C@@H]1[C@@H]2CC[C@]3(O2)[C@H](C(=O)N(CC=C)CCN2CCOCC2)N(CCCCO)C(=O)[C@@H]13)c1ccccc1. The van der Waals surface area contributed by atoms with Crippen molar-refractivity contribution in [2.45, 2.75) is 75.3 Å². The minimum Gasteiger partial charge on any atom is -0.455 e. The minimum absolute atomic E-state index is 0.0333. The number of amides is 3. The van der Waals surface area contributed by atoms with E-state index in [0.717, 1.165) is 18.7 Å². The van der Waals surface area contributed by atoms with Gasteiger partial charge in [-0.05, 0) is 44.6 Å². The van der Waals surface area contributed by atoms with Gasteiger partial charge in [0.2, 0.25) is 17.7 Å². The van der Waals surface area contributed by atoms with Crippen molar-refractivity contribution in [1.29, 1.82) is 0 Å². The van der Waals surface area contributed by atoms with Crippen molar-refractivity contribution < 1.29 is 38.5 Å². The molecule has 2 bridgehead atoms. The van der Waals surface area contributed by atoms with E-state index in [2.05, 4.69) is 18.1 Å². The molecule has 5 rings (SSSR count). The van der Waals surface area contributed by atoms with Crippen LogP contribution in [-0.2, 0) is 33.4 Å². The first-order valence-electron chi connectivity index (χ1n) is 18.1. The fourth-order valence-electron chi connectivity index (χ4n) is 8.17. The maximum absolute atomic E-state index is 14.6. The lowest BCUT2D eigenvalue weighted by Gasteiger charge is -2.37. The van der Waals surface area contributed by atoms with Gasteiger partial charge in [-0.1, -0.05) is 42.5 Å². The van der Waals surface area contributed by atoms with E-state index in [0.29, 0.717) is 65.0 Å². The third kappa shape index (κ3) is 7.68. The van der Waals surface area contributed by atoms with Crippen LogP contribution >= 0.6 is 0 Å². The zero-order chi connectivity index (χ0) is 35.8. The number of unbranched alkanes of at least 4 members (excludes halogenated alkanes) is 1. The first-order chi connectivity index (χ1) is 24.2. The van der Waals surface area contributed by atoms with Crippen molar-refractivity contribution in [2.75, 3.05) is 66.1 Å². The highest BCUT2D eigenvalue weighted by molar-refractivity contribution is 5.98. The van der Waals surface area contributed by atoms with Crippen LogP contribution < -0.4 is 0 Å². The number of aliphatic hydroxyl groups is 1. The molecule has 0 aromatic heterocycles. The fourth-order valence-corrected chi connectivity index (χ4v) is 8.17. The minimum atomic E-state index is -1.18. The molecule has 0 unspecified atom stereocenters. The van der Waals surface area contributed by atoms with Crippen LogP contribution in [0.5, 0.6) is 0 Å². The third-order valence-electron chi connectivity index (χ3n) is 10.9. The Morgan fingerprint density at radius 1 is 1.12 bits per heavy atom. The number of benzene rings is 1. The molecular formula is C38H54N4O8. The number of esters is 1. The van der Waals surface area contributed by atoms with Gasteiger partial charge in [0.25, 0.3) is 0 Å². The average Bonchev–Trinajstić information content (AvgIpc) is 3.78. The molecule has 0 radical (unpaired) electrons. The third-order valence-corrected chi connectivity index (χ3v) is 10.9. The van der Waals surface area contributed by atoms with E-state index >= 15 is 0 Å². The van der Waals surface area contributed by atoms with Crippen LogP contribution in [0.25, 0.3) is 0 Å². The lowest BCUT2D eigenvalue weighted by molar-refractivity contribution is -0.164. The molecule has 4 aliphatic rings. The quantitative estimate of drug-likeness (QED) is 0.140. The summed E-state index contributed by atoms with van der Waals surface area (Å²) in [5.74, 6) is -2.97. The molecular weight excluding hydrogens is 640 g/mol. The van der Waals surface area contributed by atoms with Crippen LogP contribution in [0, 0.1) is 11.8 Å². The normalized spacial score (nSPS) is 27.0. The number of allylic oxidation sites excluding steroid dienone is 1. The Balaban J connectivity index is 1.42. The number of nitrogens with zero attached hydrogens (tertiary/aromatic N) is 4. The second-order valence-corrected chi connectivity index (χ2v) is 13.9. The summed E-state index contributed by atoms with van der Waals surface area (Å²) in [5.41, 5.74) is -0.446. The highest BCUT2D eigenvalue weighted by atomic mass is 16.6. The zero-order valence-corrected chi connectivity index (χ0v) is 29.6. The van der Waals surface area contributed by atoms with Crippen LogP contribution in [0.1, 0.15) is 57.1 Å². The monoisotopic (exact) mass is 694 g/mol. The summed E-state index contributed by atoms with van der Waals surface area (Å²) in [6, 6.07) is 7.88. The number of morpholine rings is 1. The summed E-state index contributed by atoms with van der Waals surface area (Å²) in [4.78, 5) is 63.7. The first-order valence-corrected chi connectivity index (χ1v) is 18.1. The number of rotatable bonds is 18. The number of likely N-dealkylation sites (N-methyl/N-ethyl adjacent to an activating group) is 1. The first kappa shape index (κ1) is 37.7. The summed E-state index contributed by atoms with van der Waals surface area (Å²) in [6.07, 6.45) is 4.78. The maximum atomic E-state index is 14.6. The highest BCUT2D eigenvalue weighted by Crippen LogP contribution is 2.59. The number of carbonyl (C=O) groups is 4. The molecule has 1 spiro atoms. The zero-order valence-electron chi connectivity index (χ0n) is 29.6. The maximum Gasteiger partial charge on any atom is 0.313 e. The van der Waals surface area contributed by atoms with Crippen LogP contribution in [0.15, 0.2) is 55.6 Å². The second kappa shape index (κ2) is 17.1. The second-order valence-electron chi connectivity index (χ2n) is 13.9. The van der Waals surface area contributed by atoms with Gasteiger partial charge in [0.1, 0.15) is 17.7 Å². The topological polar surface area (TPSA) is 129 Å². The molecule has 12 heteroatoms. The van der Waals surface area contributed by atoms with E-state index in [9.17, 15) is 24.3 Å². The lowest BCUT2D eigenvalue weighted by atomic mass is 9.70. The Morgan fingerprint density at radius 3 is 2.54 bits per heavy atom. The van der Waals surface area contributed by atoms with Crippen LogP contribution in [0.4, 0.5) is 0 Å². The molecule has 50 heavy (non-hydrogen) atoms. The fraction of sp³-hybridized carbons (Fsp3) is 0.632. The number of hydrogen-bond donors (Lipinski definition) is 1. The Bertz CT molecular complexity index is 1370. The smallest absolute Gasteiger partial charge is 0.313 e. The van der Waals surface area contributed by atoms with E-state index in [4.69, 9.17) is 14.2 Å². The largest absolute Gasteiger partial charge is 0.455 e. The van der Waals surface area contributed by atoms with Gasteiger partial charge in [-0.15, -0.1) is 13.2 Å². The average molecular weight is 695 g/mol. The number of likely N-dealkylation sites (tertiary alicyclic amines) is 1. The van der Waals surface area contributed by atoms with E-state index in [1.54, 1.807) is 33.9 Å². The number of fused-ring (bicyclic) bond motifs is 1. The Kier molecular flexibility index (Phi) is 12.9. The number of hydrogen-bond acceptors (Lipinski definition) is 9. The van der Waals surface area contributed by atoms with Gasteiger partial charge in [-0.2, -0.15) is 0 Å². The molecule has 274 valence electrons. The molecule has 4 heterocycles. The van der Waals surface area contributed by atoms with E-state index in [1.165, 1.54) is 0 Å². The molecule has 1 N–H and O–H groups in total. The standard InChI is InChI=1S/C38H54N4O8/c1-5-7-15-30(44)39(4)27(3)33(28-13-9-8-10-14-28)49-37(47)31-29-16-17-38(50-29)32(31)35(45)42(19-11-12-24-43)34(38)36(46)41(18-6-2)21-20-40-22-25-48-26-23-40/h5-6,8-10,13-14,27,29,31-34,43H,1-2,7,11-12,15-26H2,3-4H3/t27-,29-,31+,32+,33+,34-,38+/m0/s1. The molecule has 0 saturated carbocycles. The van der Waals surface area contributed by atoms with Crippen LogP contribution in [0.3, 0.4) is 0 Å². The van der Waals surface area contributed by atoms with Crippen molar-refractivity contribution >= 4 is 23.7 Å². The van der Waals surface area contributed by atoms with E-state index in [-0.39, 0.29) is 37.3 Å². The summed E-state index contributed by atoms with van der Waals surface area (Å²) in [5, 5.41) is 9.53. The Labute approximate surface area is 296 Å². The van der Waals surface area contributed by atoms with E-state index < -0.39 is 47.7 Å². The molecule has 1 aromatic rings. The van der Waals surface area contributed by atoms with Crippen molar-refractivity contribution in [3.05, 3.63) is 61.2 Å². The molecule has 4 saturated heterocycles. The van der Waals surface area contributed by atoms with Gasteiger partial charge < -0.3 is 34.0 Å². The summed E-state index contributed by atoms with van der Waals surface area (Å²) >= 11 is 0. The number of aliphatic hydroxyl groups excluding tert-OH is 1. The lowest BCUT2D eigenvalue weighted by Crippen LogP contribution is -2.57. The molecule has 3 amide bonds. The van der Waals surface area contributed by atoms with E-state index in [1.807, 2.05) is 37.3 Å². The van der Waals surface area contributed by atoms with Crippen molar-refractivity contribution in [2.24, 2.45) is 11.8 Å². The van der Waals surface area contributed by atoms with Gasteiger partial charge in [0, 0.05) is 59.3 Å².